The highest BCUT2D eigenvalue weighted by Gasteiger charge is 2.47. The maximum Gasteiger partial charge on any atom is 0.270 e. The highest BCUT2D eigenvalue weighted by Crippen LogP contribution is 2.35. The maximum atomic E-state index is 12.4. The van der Waals surface area contributed by atoms with Crippen LogP contribution < -0.4 is 10.9 Å². The van der Waals surface area contributed by atoms with Gasteiger partial charge in [-0.1, -0.05) is 0 Å². The molecule has 1 unspecified atom stereocenters. The molecule has 2 heterocycles. The molecule has 1 atom stereocenters. The second-order valence-corrected chi connectivity index (χ2v) is 6.07. The molecule has 1 aliphatic carbocycles. The van der Waals surface area contributed by atoms with Crippen LogP contribution in [0.3, 0.4) is 0 Å². The van der Waals surface area contributed by atoms with E-state index < -0.39 is 5.66 Å². The minimum Gasteiger partial charge on any atom is -0.327 e. The van der Waals surface area contributed by atoms with Crippen LogP contribution in [-0.4, -0.2) is 16.3 Å². The van der Waals surface area contributed by atoms with E-state index >= 15 is 0 Å². The average molecular weight is 325 g/mol. The Kier molecular flexibility index (Phi) is 2.67. The maximum absolute atomic E-state index is 12.4. The number of ketones is 1. The van der Waals surface area contributed by atoms with Gasteiger partial charge in [0.25, 0.3) is 11.5 Å². The predicted molar refractivity (Wildman–Crippen MR) is 72.1 cm³/mol. The lowest BCUT2D eigenvalue weighted by atomic mass is 9.88. The Hall–Kier alpha value is -1.43. The molecule has 6 heteroatoms. The Balaban J connectivity index is 2.29. The second kappa shape index (κ2) is 4.03. The zero-order valence-electron chi connectivity index (χ0n) is 10.5. The van der Waals surface area contributed by atoms with E-state index in [1.807, 2.05) is 0 Å². The van der Waals surface area contributed by atoms with Gasteiger partial charge in [-0.3, -0.25) is 19.0 Å². The van der Waals surface area contributed by atoms with Crippen LogP contribution in [0.2, 0.25) is 0 Å². The molecule has 0 saturated heterocycles. The van der Waals surface area contributed by atoms with Gasteiger partial charge in [-0.15, -0.1) is 0 Å². The van der Waals surface area contributed by atoms with E-state index in [2.05, 4.69) is 21.2 Å². The Labute approximate surface area is 118 Å². The van der Waals surface area contributed by atoms with E-state index in [4.69, 9.17) is 0 Å². The van der Waals surface area contributed by atoms with Crippen LogP contribution in [0, 0.1) is 6.92 Å². The number of hydrogen-bond acceptors (Lipinski definition) is 3. The van der Waals surface area contributed by atoms with Gasteiger partial charge in [0.05, 0.1) is 4.47 Å². The first-order valence-corrected chi connectivity index (χ1v) is 7.01. The minimum absolute atomic E-state index is 0.0870. The van der Waals surface area contributed by atoms with Crippen LogP contribution in [0.5, 0.6) is 0 Å². The standard InChI is InChI=1S/C13H13BrN2O3/c1-7-5-9(14)12(19)16-10(7)11(18)15-13(16)4-2-3-8(17)6-13/h5H,2-4,6H2,1H3,(H,15,18). The predicted octanol–water partition coefficient (Wildman–Crippen LogP) is 1.46. The van der Waals surface area contributed by atoms with Crippen molar-refractivity contribution in [1.82, 2.24) is 9.88 Å². The number of nitrogens with one attached hydrogen (secondary N) is 1. The second-order valence-electron chi connectivity index (χ2n) is 5.22. The van der Waals surface area contributed by atoms with Crippen molar-refractivity contribution in [3.8, 4) is 0 Å². The lowest BCUT2D eigenvalue weighted by Crippen LogP contribution is -2.50. The van der Waals surface area contributed by atoms with E-state index in [9.17, 15) is 14.4 Å². The summed E-state index contributed by atoms with van der Waals surface area (Å²) in [6, 6.07) is 1.65. The van der Waals surface area contributed by atoms with Gasteiger partial charge in [0, 0.05) is 12.8 Å². The molecule has 0 bridgehead atoms. The third-order valence-corrected chi connectivity index (χ3v) is 4.44. The zero-order valence-corrected chi connectivity index (χ0v) is 12.0. The van der Waals surface area contributed by atoms with Crippen LogP contribution >= 0.6 is 15.9 Å². The summed E-state index contributed by atoms with van der Waals surface area (Å²) in [5.74, 6) is -0.180. The highest BCUT2D eigenvalue weighted by atomic mass is 79.9. The number of nitrogens with zero attached hydrogens (tertiary/aromatic N) is 1. The molecule has 1 aliphatic heterocycles. The summed E-state index contributed by atoms with van der Waals surface area (Å²) < 4.78 is 1.90. The van der Waals surface area contributed by atoms with Gasteiger partial charge < -0.3 is 5.32 Å². The van der Waals surface area contributed by atoms with Gasteiger partial charge in [0.15, 0.2) is 0 Å². The molecule has 1 fully saturated rings. The lowest BCUT2D eigenvalue weighted by molar-refractivity contribution is -0.123. The first-order valence-electron chi connectivity index (χ1n) is 6.21. The molecule has 1 amide bonds. The van der Waals surface area contributed by atoms with Crippen molar-refractivity contribution >= 4 is 27.6 Å². The summed E-state index contributed by atoms with van der Waals surface area (Å²) in [4.78, 5) is 36.2. The molecule has 1 spiro atoms. The van der Waals surface area contributed by atoms with Crippen LogP contribution in [0.25, 0.3) is 0 Å². The normalized spacial score (nSPS) is 25.6. The fourth-order valence-electron chi connectivity index (χ4n) is 3.10. The third kappa shape index (κ3) is 1.69. The van der Waals surface area contributed by atoms with E-state index in [-0.39, 0.29) is 23.7 Å². The largest absolute Gasteiger partial charge is 0.327 e. The number of pyridine rings is 1. The van der Waals surface area contributed by atoms with Crippen molar-refractivity contribution in [2.45, 2.75) is 38.3 Å². The van der Waals surface area contributed by atoms with Gasteiger partial charge in [0.1, 0.15) is 17.1 Å². The minimum atomic E-state index is -0.854. The summed E-state index contributed by atoms with van der Waals surface area (Å²) in [7, 11) is 0. The fourth-order valence-corrected chi connectivity index (χ4v) is 3.62. The van der Waals surface area contributed by atoms with Crippen molar-refractivity contribution in [1.29, 1.82) is 0 Å². The van der Waals surface area contributed by atoms with Crippen molar-refractivity contribution in [3.63, 3.8) is 0 Å². The lowest BCUT2D eigenvalue weighted by Gasteiger charge is -2.34. The van der Waals surface area contributed by atoms with Crippen molar-refractivity contribution < 1.29 is 9.59 Å². The summed E-state index contributed by atoms with van der Waals surface area (Å²) in [5, 5.41) is 2.86. The monoisotopic (exact) mass is 324 g/mol. The Bertz CT molecular complexity index is 665. The fraction of sp³-hybridized carbons (Fsp3) is 0.462. The van der Waals surface area contributed by atoms with Crippen molar-refractivity contribution in [3.05, 3.63) is 32.2 Å². The molecule has 1 aromatic rings. The number of Topliss-reactive ketones (excluding diaryl/α,β-unsaturated/α-hetero) is 1. The summed E-state index contributed by atoms with van der Waals surface area (Å²) in [6.45, 7) is 1.79. The number of aryl methyl sites for hydroxylation is 1. The molecule has 100 valence electrons. The molecule has 1 saturated carbocycles. The molecule has 5 nitrogen and oxygen atoms in total. The quantitative estimate of drug-likeness (QED) is 0.785. The van der Waals surface area contributed by atoms with Gasteiger partial charge in [0.2, 0.25) is 0 Å². The van der Waals surface area contributed by atoms with E-state index in [1.165, 1.54) is 4.57 Å². The van der Waals surface area contributed by atoms with Crippen LogP contribution in [0.4, 0.5) is 0 Å². The summed E-state index contributed by atoms with van der Waals surface area (Å²) in [6.07, 6.45) is 2.03. The number of halogens is 1. The summed E-state index contributed by atoms with van der Waals surface area (Å²) in [5.41, 5.74) is 0.00308. The smallest absolute Gasteiger partial charge is 0.270 e. The number of fused-ring (bicyclic) bond motifs is 2. The number of carbonyl (C=O) groups excluding carboxylic acids is 2. The number of hydrogen-bond donors (Lipinski definition) is 1. The van der Waals surface area contributed by atoms with E-state index in [0.29, 0.717) is 29.4 Å². The number of rotatable bonds is 0. The van der Waals surface area contributed by atoms with Gasteiger partial charge >= 0.3 is 0 Å². The highest BCUT2D eigenvalue weighted by molar-refractivity contribution is 9.10. The molecular formula is C13H13BrN2O3. The molecule has 0 aromatic carbocycles. The number of carbonyl (C=O) groups is 2. The van der Waals surface area contributed by atoms with Crippen molar-refractivity contribution in [2.75, 3.05) is 0 Å². The van der Waals surface area contributed by atoms with E-state index in [1.54, 1.807) is 13.0 Å². The van der Waals surface area contributed by atoms with E-state index in [0.717, 1.165) is 5.56 Å². The van der Waals surface area contributed by atoms with Crippen LogP contribution in [0.15, 0.2) is 15.3 Å². The first kappa shape index (κ1) is 12.6. The van der Waals surface area contributed by atoms with Gasteiger partial charge in [-0.05, 0) is 47.3 Å². The molecular weight excluding hydrogens is 312 g/mol. The first-order chi connectivity index (χ1) is 8.94. The Morgan fingerprint density at radius 2 is 2.11 bits per heavy atom. The molecule has 19 heavy (non-hydrogen) atoms. The third-order valence-electron chi connectivity index (χ3n) is 3.87. The molecule has 3 rings (SSSR count). The molecule has 0 radical (unpaired) electrons. The van der Waals surface area contributed by atoms with Gasteiger partial charge in [-0.2, -0.15) is 0 Å². The molecule has 1 N–H and O–H groups in total. The molecule has 1 aromatic heterocycles. The Morgan fingerprint density at radius 1 is 1.37 bits per heavy atom. The topological polar surface area (TPSA) is 68.2 Å². The zero-order chi connectivity index (χ0) is 13.8. The summed E-state index contributed by atoms with van der Waals surface area (Å²) >= 11 is 3.23. The van der Waals surface area contributed by atoms with Gasteiger partial charge in [-0.25, -0.2) is 0 Å². The van der Waals surface area contributed by atoms with Crippen LogP contribution in [0.1, 0.15) is 41.7 Å². The van der Waals surface area contributed by atoms with Crippen molar-refractivity contribution in [2.24, 2.45) is 0 Å². The Morgan fingerprint density at radius 3 is 2.79 bits per heavy atom. The van der Waals surface area contributed by atoms with Crippen LogP contribution in [-0.2, 0) is 10.5 Å². The SMILES string of the molecule is Cc1cc(Br)c(=O)n2c1C(=O)NC21CCCC(=O)C1. The average Bonchev–Trinajstić information content (AvgIpc) is 2.59. The molecule has 2 aliphatic rings. The number of aromatic nitrogens is 1. The number of amides is 1.